The van der Waals surface area contributed by atoms with Crippen molar-refractivity contribution in [3.8, 4) is 11.5 Å². The number of hydrogen-bond donors (Lipinski definition) is 1. The number of piperazine rings is 1. The van der Waals surface area contributed by atoms with Crippen molar-refractivity contribution >= 4 is 67.6 Å². The summed E-state index contributed by atoms with van der Waals surface area (Å²) in [6.45, 7) is 7.85. The van der Waals surface area contributed by atoms with Crippen LogP contribution in [0.5, 0.6) is 11.5 Å². The van der Waals surface area contributed by atoms with Gasteiger partial charge in [-0.3, -0.25) is 0 Å². The van der Waals surface area contributed by atoms with Gasteiger partial charge in [0.1, 0.15) is 41.1 Å². The molecule has 5 heterocycles. The lowest BCUT2D eigenvalue weighted by atomic mass is 10.2. The highest BCUT2D eigenvalue weighted by atomic mass is 79.9. The predicted octanol–water partition coefficient (Wildman–Crippen LogP) is 6.08. The van der Waals surface area contributed by atoms with Crippen LogP contribution in [0.2, 0.25) is 5.02 Å². The molecule has 0 atom stereocenters. The first kappa shape index (κ1) is 27.9. The molecule has 1 aliphatic heterocycles. The van der Waals surface area contributed by atoms with Crippen molar-refractivity contribution in [1.29, 1.82) is 0 Å². The number of ether oxygens (including phenoxy) is 2. The quantitative estimate of drug-likeness (QED) is 0.239. The van der Waals surface area contributed by atoms with Gasteiger partial charge in [-0.15, -0.1) is 0 Å². The van der Waals surface area contributed by atoms with E-state index in [4.69, 9.17) is 26.1 Å². The summed E-state index contributed by atoms with van der Waals surface area (Å²) in [5.41, 5.74) is 2.11. The molecule has 1 N–H and O–H groups in total. The van der Waals surface area contributed by atoms with Gasteiger partial charge in [0.2, 0.25) is 0 Å². The number of nitrogens with zero attached hydrogens (tertiary/aromatic N) is 8. The van der Waals surface area contributed by atoms with Crippen LogP contribution < -0.4 is 15.0 Å². The lowest BCUT2D eigenvalue weighted by Gasteiger charge is -2.36. The van der Waals surface area contributed by atoms with Crippen molar-refractivity contribution in [2.24, 2.45) is 0 Å². The zero-order valence-corrected chi connectivity index (χ0v) is 25.4. The van der Waals surface area contributed by atoms with Crippen LogP contribution in [0.3, 0.4) is 0 Å². The van der Waals surface area contributed by atoms with E-state index < -0.39 is 5.60 Å². The molecule has 42 heavy (non-hydrogen) atoms. The summed E-state index contributed by atoms with van der Waals surface area (Å²) >= 11 is 10.2. The van der Waals surface area contributed by atoms with E-state index in [1.165, 1.54) is 12.7 Å². The first-order valence-corrected chi connectivity index (χ1v) is 14.4. The largest absolute Gasteiger partial charge is 0.456 e. The fourth-order valence-electron chi connectivity index (χ4n) is 4.48. The van der Waals surface area contributed by atoms with Crippen LogP contribution >= 0.6 is 27.5 Å². The Morgan fingerprint density at radius 1 is 1.02 bits per heavy atom. The molecule has 0 bridgehead atoms. The van der Waals surface area contributed by atoms with E-state index in [-0.39, 0.29) is 6.09 Å². The van der Waals surface area contributed by atoms with E-state index in [1.807, 2.05) is 32.9 Å². The molecular formula is C28H27BrClN9O3. The first-order valence-electron chi connectivity index (χ1n) is 13.2. The summed E-state index contributed by atoms with van der Waals surface area (Å²) < 4.78 is 14.0. The van der Waals surface area contributed by atoms with Crippen molar-refractivity contribution in [2.75, 3.05) is 36.4 Å². The molecule has 1 amide bonds. The number of nitrogens with one attached hydrogen (secondary N) is 1. The summed E-state index contributed by atoms with van der Waals surface area (Å²) in [6.07, 6.45) is 4.42. The molecule has 6 rings (SSSR count). The van der Waals surface area contributed by atoms with E-state index in [9.17, 15) is 4.79 Å². The molecule has 14 heteroatoms. The van der Waals surface area contributed by atoms with Crippen LogP contribution in [0, 0.1) is 0 Å². The normalized spacial score (nSPS) is 13.9. The minimum absolute atomic E-state index is 0.306. The van der Waals surface area contributed by atoms with Crippen LogP contribution in [0.4, 0.5) is 22.1 Å². The topological polar surface area (TPSA) is 123 Å². The number of benzene rings is 1. The smallest absolute Gasteiger partial charge is 0.410 e. The molecule has 1 aliphatic rings. The Balaban J connectivity index is 1.19. The standard InChI is InChI=1S/C28H27BrClN9O3/c1-28(2,3)42-27(40)38-10-8-37(9-11-38)26-19(29)14-21-24(36-26)25(33-15-31-21)35-17-4-5-22(20(30)12-17)41-18-6-7-39-23(13-18)32-16-34-39/h4-7,12-16H,8-11H2,1-3H3,(H,31,33,35). The molecule has 0 spiro atoms. The molecule has 5 aromatic rings. The minimum atomic E-state index is -0.536. The van der Waals surface area contributed by atoms with Crippen LogP contribution in [0.1, 0.15) is 20.8 Å². The predicted molar refractivity (Wildman–Crippen MR) is 163 cm³/mol. The fourth-order valence-corrected chi connectivity index (χ4v) is 5.25. The molecule has 1 saturated heterocycles. The molecular weight excluding hydrogens is 626 g/mol. The molecule has 0 radical (unpaired) electrons. The molecule has 0 aliphatic carbocycles. The van der Waals surface area contributed by atoms with Gasteiger partial charge in [0.15, 0.2) is 11.5 Å². The summed E-state index contributed by atoms with van der Waals surface area (Å²) in [7, 11) is 0. The summed E-state index contributed by atoms with van der Waals surface area (Å²) in [5, 5.41) is 7.82. The second kappa shape index (κ2) is 11.2. The Hall–Kier alpha value is -4.23. The van der Waals surface area contributed by atoms with Crippen molar-refractivity contribution < 1.29 is 14.3 Å². The molecule has 4 aromatic heterocycles. The molecule has 12 nitrogen and oxygen atoms in total. The van der Waals surface area contributed by atoms with Gasteiger partial charge in [0.05, 0.1) is 15.0 Å². The second-order valence-electron chi connectivity index (χ2n) is 10.6. The molecule has 1 fully saturated rings. The van der Waals surface area contributed by atoms with Gasteiger partial charge in [-0.25, -0.2) is 29.2 Å². The van der Waals surface area contributed by atoms with Gasteiger partial charge < -0.3 is 24.6 Å². The van der Waals surface area contributed by atoms with Crippen molar-refractivity contribution in [3.05, 3.63) is 64.7 Å². The van der Waals surface area contributed by atoms with Gasteiger partial charge in [-0.05, 0) is 67.0 Å². The average Bonchev–Trinajstić information content (AvgIpc) is 3.42. The maximum absolute atomic E-state index is 12.5. The zero-order valence-electron chi connectivity index (χ0n) is 23.1. The molecule has 0 unspecified atom stereocenters. The van der Waals surface area contributed by atoms with Crippen molar-refractivity contribution in [1.82, 2.24) is 34.4 Å². The molecule has 1 aromatic carbocycles. The Labute approximate surface area is 254 Å². The van der Waals surface area contributed by atoms with Gasteiger partial charge in [-0.2, -0.15) is 5.10 Å². The third-order valence-corrected chi connectivity index (χ3v) is 7.33. The zero-order chi connectivity index (χ0) is 29.4. The van der Waals surface area contributed by atoms with Gasteiger partial charge >= 0.3 is 6.09 Å². The number of carbonyl (C=O) groups excluding carboxylic acids is 1. The third kappa shape index (κ3) is 6.02. The highest BCUT2D eigenvalue weighted by Crippen LogP contribution is 2.35. The van der Waals surface area contributed by atoms with Crippen LogP contribution in [-0.2, 0) is 4.74 Å². The Bertz CT molecular complexity index is 1780. The van der Waals surface area contributed by atoms with Crippen molar-refractivity contribution in [2.45, 2.75) is 26.4 Å². The Morgan fingerprint density at radius 2 is 1.83 bits per heavy atom. The lowest BCUT2D eigenvalue weighted by molar-refractivity contribution is 0.0240. The number of hydrogen-bond acceptors (Lipinski definition) is 10. The summed E-state index contributed by atoms with van der Waals surface area (Å²) in [6, 6.07) is 10.9. The highest BCUT2D eigenvalue weighted by molar-refractivity contribution is 9.10. The molecule has 0 saturated carbocycles. The van der Waals surface area contributed by atoms with Crippen molar-refractivity contribution in [3.63, 3.8) is 0 Å². The number of rotatable bonds is 5. The Morgan fingerprint density at radius 3 is 2.60 bits per heavy atom. The first-order chi connectivity index (χ1) is 20.1. The third-order valence-electron chi connectivity index (χ3n) is 6.45. The lowest BCUT2D eigenvalue weighted by Crippen LogP contribution is -2.50. The number of anilines is 3. The fraction of sp³-hybridized carbons (Fsp3) is 0.286. The summed E-state index contributed by atoms with van der Waals surface area (Å²) in [5.74, 6) is 2.36. The maximum atomic E-state index is 12.5. The van der Waals surface area contributed by atoms with E-state index in [0.717, 1.165) is 10.3 Å². The monoisotopic (exact) mass is 651 g/mol. The number of fused-ring (bicyclic) bond motifs is 2. The second-order valence-corrected chi connectivity index (χ2v) is 11.9. The van der Waals surface area contributed by atoms with Crippen LogP contribution in [0.15, 0.2) is 59.7 Å². The number of aromatic nitrogens is 6. The van der Waals surface area contributed by atoms with E-state index in [1.54, 1.807) is 39.9 Å². The number of halogens is 2. The average molecular weight is 653 g/mol. The van der Waals surface area contributed by atoms with Gasteiger partial charge in [0, 0.05) is 44.1 Å². The van der Waals surface area contributed by atoms with Crippen LogP contribution in [-0.4, -0.2) is 72.3 Å². The number of carbonyl (C=O) groups is 1. The summed E-state index contributed by atoms with van der Waals surface area (Å²) in [4.78, 5) is 34.3. The number of amides is 1. The van der Waals surface area contributed by atoms with E-state index >= 15 is 0 Å². The SMILES string of the molecule is CC(C)(C)OC(=O)N1CCN(c2nc3c(Nc4ccc(Oc5ccn6ncnc6c5)c(Cl)c4)ncnc3cc2Br)CC1. The van der Waals surface area contributed by atoms with Crippen LogP contribution in [0.25, 0.3) is 16.7 Å². The van der Waals surface area contributed by atoms with E-state index in [0.29, 0.717) is 70.9 Å². The Kier molecular flexibility index (Phi) is 7.45. The van der Waals surface area contributed by atoms with Gasteiger partial charge in [0.25, 0.3) is 0 Å². The van der Waals surface area contributed by atoms with Gasteiger partial charge in [-0.1, -0.05) is 11.6 Å². The van der Waals surface area contributed by atoms with E-state index in [2.05, 4.69) is 46.2 Å². The number of pyridine rings is 2. The highest BCUT2D eigenvalue weighted by Gasteiger charge is 2.27. The maximum Gasteiger partial charge on any atom is 0.410 e. The minimum Gasteiger partial charge on any atom is -0.456 e. The molecule has 216 valence electrons.